The van der Waals surface area contributed by atoms with Gasteiger partial charge in [-0.05, 0) is 35.2 Å². The molecule has 0 saturated carbocycles. The standard InChI is InChI=1S/C17H18N2O/c1-12-4-2-3-5-16(12)17(20)19-9-13-6-7-14-10-18-11-15(14)8-13/h2-8,18H,9-11H2,1H3,(H,19,20). The van der Waals surface area contributed by atoms with E-state index in [0.29, 0.717) is 6.54 Å². The smallest absolute Gasteiger partial charge is 0.251 e. The van der Waals surface area contributed by atoms with Gasteiger partial charge in [0.2, 0.25) is 0 Å². The summed E-state index contributed by atoms with van der Waals surface area (Å²) in [6.07, 6.45) is 0. The maximum atomic E-state index is 12.1. The SMILES string of the molecule is Cc1ccccc1C(=O)NCc1ccc2c(c1)CNC2. The first-order valence-electron chi connectivity index (χ1n) is 6.89. The molecule has 0 radical (unpaired) electrons. The lowest BCUT2D eigenvalue weighted by molar-refractivity contribution is 0.0950. The van der Waals surface area contributed by atoms with E-state index in [1.165, 1.54) is 11.1 Å². The first-order valence-corrected chi connectivity index (χ1v) is 6.89. The zero-order valence-electron chi connectivity index (χ0n) is 11.6. The molecule has 3 heteroatoms. The van der Waals surface area contributed by atoms with Crippen molar-refractivity contribution in [1.82, 2.24) is 10.6 Å². The van der Waals surface area contributed by atoms with Crippen LogP contribution in [0.2, 0.25) is 0 Å². The van der Waals surface area contributed by atoms with E-state index >= 15 is 0 Å². The van der Waals surface area contributed by atoms with Crippen molar-refractivity contribution in [3.05, 3.63) is 70.3 Å². The average molecular weight is 266 g/mol. The molecule has 0 bridgehead atoms. The summed E-state index contributed by atoms with van der Waals surface area (Å²) in [7, 11) is 0. The van der Waals surface area contributed by atoms with Crippen LogP contribution < -0.4 is 10.6 Å². The molecule has 0 saturated heterocycles. The molecule has 1 heterocycles. The summed E-state index contributed by atoms with van der Waals surface area (Å²) in [4.78, 5) is 12.1. The Morgan fingerprint density at radius 2 is 1.95 bits per heavy atom. The van der Waals surface area contributed by atoms with Crippen molar-refractivity contribution in [2.24, 2.45) is 0 Å². The number of carbonyl (C=O) groups excluding carboxylic acids is 1. The van der Waals surface area contributed by atoms with Crippen molar-refractivity contribution in [3.63, 3.8) is 0 Å². The zero-order chi connectivity index (χ0) is 13.9. The van der Waals surface area contributed by atoms with Crippen LogP contribution in [0.25, 0.3) is 0 Å². The molecule has 0 atom stereocenters. The van der Waals surface area contributed by atoms with E-state index in [0.717, 1.165) is 29.8 Å². The average Bonchev–Trinajstić information content (AvgIpc) is 2.92. The quantitative estimate of drug-likeness (QED) is 0.896. The summed E-state index contributed by atoms with van der Waals surface area (Å²) >= 11 is 0. The summed E-state index contributed by atoms with van der Waals surface area (Å²) in [5, 5.41) is 6.31. The molecule has 1 amide bonds. The van der Waals surface area contributed by atoms with Crippen molar-refractivity contribution in [1.29, 1.82) is 0 Å². The van der Waals surface area contributed by atoms with Gasteiger partial charge in [-0.1, -0.05) is 36.4 Å². The largest absolute Gasteiger partial charge is 0.348 e. The summed E-state index contributed by atoms with van der Waals surface area (Å²) < 4.78 is 0. The normalized spacial score (nSPS) is 13.1. The van der Waals surface area contributed by atoms with Crippen molar-refractivity contribution in [2.45, 2.75) is 26.6 Å². The summed E-state index contributed by atoms with van der Waals surface area (Å²) in [6, 6.07) is 14.1. The molecule has 3 nitrogen and oxygen atoms in total. The Kier molecular flexibility index (Phi) is 3.52. The van der Waals surface area contributed by atoms with Crippen LogP contribution in [-0.2, 0) is 19.6 Å². The number of hydrogen-bond acceptors (Lipinski definition) is 2. The van der Waals surface area contributed by atoms with Gasteiger partial charge >= 0.3 is 0 Å². The predicted octanol–water partition coefficient (Wildman–Crippen LogP) is 2.53. The molecule has 1 aliphatic heterocycles. The van der Waals surface area contributed by atoms with E-state index < -0.39 is 0 Å². The fraction of sp³-hybridized carbons (Fsp3) is 0.235. The van der Waals surface area contributed by atoms with E-state index in [1.807, 2.05) is 31.2 Å². The Hall–Kier alpha value is -2.13. The Morgan fingerprint density at radius 1 is 1.15 bits per heavy atom. The topological polar surface area (TPSA) is 41.1 Å². The second-order valence-electron chi connectivity index (χ2n) is 5.20. The lowest BCUT2D eigenvalue weighted by atomic mass is 10.1. The highest BCUT2D eigenvalue weighted by atomic mass is 16.1. The highest BCUT2D eigenvalue weighted by Crippen LogP contribution is 2.17. The Labute approximate surface area is 119 Å². The molecule has 102 valence electrons. The number of carbonyl (C=O) groups is 1. The number of benzene rings is 2. The van der Waals surface area contributed by atoms with Gasteiger partial charge in [0.1, 0.15) is 0 Å². The molecule has 1 aliphatic rings. The van der Waals surface area contributed by atoms with Gasteiger partial charge in [-0.3, -0.25) is 4.79 Å². The van der Waals surface area contributed by atoms with Crippen LogP contribution in [0, 0.1) is 6.92 Å². The van der Waals surface area contributed by atoms with Gasteiger partial charge in [0.15, 0.2) is 0 Å². The molecule has 20 heavy (non-hydrogen) atoms. The number of amides is 1. The van der Waals surface area contributed by atoms with Crippen molar-refractivity contribution in [2.75, 3.05) is 0 Å². The van der Waals surface area contributed by atoms with E-state index in [1.54, 1.807) is 0 Å². The van der Waals surface area contributed by atoms with Gasteiger partial charge in [0.25, 0.3) is 5.91 Å². The zero-order valence-corrected chi connectivity index (χ0v) is 11.6. The minimum absolute atomic E-state index is 0.0123. The molecule has 2 aromatic rings. The highest BCUT2D eigenvalue weighted by Gasteiger charge is 2.11. The van der Waals surface area contributed by atoms with Gasteiger partial charge in [0.05, 0.1) is 0 Å². The van der Waals surface area contributed by atoms with Crippen molar-refractivity contribution < 1.29 is 4.79 Å². The van der Waals surface area contributed by atoms with Crippen molar-refractivity contribution >= 4 is 5.91 Å². The second kappa shape index (κ2) is 5.47. The Bertz CT molecular complexity index is 649. The maximum Gasteiger partial charge on any atom is 0.251 e. The lowest BCUT2D eigenvalue weighted by Crippen LogP contribution is -2.23. The van der Waals surface area contributed by atoms with Crippen LogP contribution in [0.3, 0.4) is 0 Å². The summed E-state index contributed by atoms with van der Waals surface area (Å²) in [5.41, 5.74) is 5.60. The van der Waals surface area contributed by atoms with Gasteiger partial charge in [-0.25, -0.2) is 0 Å². The molecule has 0 aliphatic carbocycles. The minimum Gasteiger partial charge on any atom is -0.348 e. The third-order valence-corrected chi connectivity index (χ3v) is 3.74. The number of nitrogens with one attached hydrogen (secondary N) is 2. The van der Waals surface area contributed by atoms with Crippen LogP contribution >= 0.6 is 0 Å². The third kappa shape index (κ3) is 2.58. The monoisotopic (exact) mass is 266 g/mol. The molecular weight excluding hydrogens is 248 g/mol. The third-order valence-electron chi connectivity index (χ3n) is 3.74. The number of aryl methyl sites for hydroxylation is 1. The fourth-order valence-corrected chi connectivity index (χ4v) is 2.56. The molecule has 0 unspecified atom stereocenters. The number of fused-ring (bicyclic) bond motifs is 1. The van der Waals surface area contributed by atoms with Crippen molar-refractivity contribution in [3.8, 4) is 0 Å². The van der Waals surface area contributed by atoms with Crippen LogP contribution in [0.15, 0.2) is 42.5 Å². The maximum absolute atomic E-state index is 12.1. The molecular formula is C17H18N2O. The van der Waals surface area contributed by atoms with Gasteiger partial charge < -0.3 is 10.6 Å². The fourth-order valence-electron chi connectivity index (χ4n) is 2.56. The second-order valence-corrected chi connectivity index (χ2v) is 5.20. The minimum atomic E-state index is -0.0123. The van der Waals surface area contributed by atoms with E-state index in [4.69, 9.17) is 0 Å². The molecule has 0 fully saturated rings. The predicted molar refractivity (Wildman–Crippen MR) is 79.3 cm³/mol. The molecule has 2 aromatic carbocycles. The van der Waals surface area contributed by atoms with Gasteiger partial charge in [-0.15, -0.1) is 0 Å². The lowest BCUT2D eigenvalue weighted by Gasteiger charge is -2.08. The van der Waals surface area contributed by atoms with E-state index in [2.05, 4.69) is 28.8 Å². The highest BCUT2D eigenvalue weighted by molar-refractivity contribution is 5.95. The van der Waals surface area contributed by atoms with Gasteiger partial charge in [0, 0.05) is 25.2 Å². The Balaban J connectivity index is 1.68. The molecule has 3 rings (SSSR count). The van der Waals surface area contributed by atoms with E-state index in [9.17, 15) is 4.79 Å². The van der Waals surface area contributed by atoms with E-state index in [-0.39, 0.29) is 5.91 Å². The first kappa shape index (κ1) is 12.9. The molecule has 0 aromatic heterocycles. The summed E-state index contributed by atoms with van der Waals surface area (Å²) in [5.74, 6) is -0.0123. The van der Waals surface area contributed by atoms with Crippen LogP contribution in [0.5, 0.6) is 0 Å². The van der Waals surface area contributed by atoms with Crippen LogP contribution in [0.4, 0.5) is 0 Å². The van der Waals surface area contributed by atoms with Crippen LogP contribution in [0.1, 0.15) is 32.6 Å². The number of hydrogen-bond donors (Lipinski definition) is 2. The molecule has 0 spiro atoms. The summed E-state index contributed by atoms with van der Waals surface area (Å²) in [6.45, 7) is 4.40. The van der Waals surface area contributed by atoms with Gasteiger partial charge in [-0.2, -0.15) is 0 Å². The van der Waals surface area contributed by atoms with Crippen LogP contribution in [-0.4, -0.2) is 5.91 Å². The molecule has 2 N–H and O–H groups in total. The first-order chi connectivity index (χ1) is 9.74. The Morgan fingerprint density at radius 3 is 2.80 bits per heavy atom. The number of rotatable bonds is 3.